The molecule has 0 aliphatic carbocycles. The van der Waals surface area contributed by atoms with E-state index in [4.69, 9.17) is 14.2 Å². The van der Waals surface area contributed by atoms with Crippen LogP contribution in [0.5, 0.6) is 11.5 Å². The van der Waals surface area contributed by atoms with Crippen LogP contribution in [0, 0.1) is 0 Å². The zero-order chi connectivity index (χ0) is 26.2. The lowest BCUT2D eigenvalue weighted by Crippen LogP contribution is -2.42. The van der Waals surface area contributed by atoms with E-state index in [1.54, 1.807) is 29.2 Å². The van der Waals surface area contributed by atoms with Crippen molar-refractivity contribution in [3.63, 3.8) is 0 Å². The molecular formula is C29H36N2O6. The number of aliphatic hydroxyl groups is 1. The van der Waals surface area contributed by atoms with Gasteiger partial charge in [-0.1, -0.05) is 25.5 Å². The second kappa shape index (κ2) is 12.7. The maximum absolute atomic E-state index is 13.3. The van der Waals surface area contributed by atoms with Crippen LogP contribution in [-0.4, -0.2) is 79.2 Å². The molecule has 0 spiro atoms. The highest BCUT2D eigenvalue weighted by atomic mass is 16.5. The highest BCUT2D eigenvalue weighted by Gasteiger charge is 2.46. The van der Waals surface area contributed by atoms with Crippen molar-refractivity contribution in [2.24, 2.45) is 0 Å². The van der Waals surface area contributed by atoms with Gasteiger partial charge in [-0.15, -0.1) is 0 Å². The monoisotopic (exact) mass is 508 g/mol. The van der Waals surface area contributed by atoms with Gasteiger partial charge in [-0.3, -0.25) is 14.5 Å². The van der Waals surface area contributed by atoms with Gasteiger partial charge in [-0.05, 0) is 55.3 Å². The number of likely N-dealkylation sites (tertiary alicyclic amines) is 1. The van der Waals surface area contributed by atoms with Crippen LogP contribution in [0.1, 0.15) is 43.9 Å². The van der Waals surface area contributed by atoms with Crippen molar-refractivity contribution in [3.8, 4) is 11.5 Å². The van der Waals surface area contributed by atoms with E-state index in [9.17, 15) is 14.7 Å². The van der Waals surface area contributed by atoms with Crippen LogP contribution >= 0.6 is 0 Å². The van der Waals surface area contributed by atoms with Crippen molar-refractivity contribution < 1.29 is 28.9 Å². The molecule has 2 fully saturated rings. The molecule has 8 nitrogen and oxygen atoms in total. The van der Waals surface area contributed by atoms with Gasteiger partial charge in [0.1, 0.15) is 17.3 Å². The summed E-state index contributed by atoms with van der Waals surface area (Å²) in [5, 5.41) is 11.3. The number of hydrogen-bond acceptors (Lipinski definition) is 7. The van der Waals surface area contributed by atoms with Gasteiger partial charge in [0.2, 0.25) is 0 Å². The molecule has 2 aromatic carbocycles. The van der Waals surface area contributed by atoms with Crippen molar-refractivity contribution in [1.82, 2.24) is 9.80 Å². The molecular weight excluding hydrogens is 472 g/mol. The van der Waals surface area contributed by atoms with E-state index in [0.29, 0.717) is 56.6 Å². The average Bonchev–Trinajstić information content (AvgIpc) is 3.18. The molecule has 0 aromatic heterocycles. The zero-order valence-corrected chi connectivity index (χ0v) is 21.7. The Kier molecular flexibility index (Phi) is 9.19. The first-order valence-corrected chi connectivity index (χ1v) is 13.1. The molecule has 2 aromatic rings. The van der Waals surface area contributed by atoms with E-state index in [0.717, 1.165) is 31.5 Å². The fourth-order valence-corrected chi connectivity index (χ4v) is 4.67. The topological polar surface area (TPSA) is 88.5 Å². The number of ether oxygens (including phenoxy) is 3. The number of unbranched alkanes of at least 4 members (excludes halogenated alkanes) is 1. The van der Waals surface area contributed by atoms with Crippen LogP contribution in [0.3, 0.4) is 0 Å². The minimum atomic E-state index is -0.720. The van der Waals surface area contributed by atoms with Gasteiger partial charge in [0.05, 0.1) is 38.0 Å². The van der Waals surface area contributed by atoms with Crippen LogP contribution < -0.4 is 9.47 Å². The third-order valence-corrected chi connectivity index (χ3v) is 6.68. The standard InChI is InChI=1S/C29H36N2O6/c1-3-5-17-37-24-8-6-7-22(20-24)26-25(27(32)21-9-11-23(12-10-21)36-4-2)28(33)29(34)31(26)14-13-30-15-18-35-19-16-30/h6-12,20,26,32H,3-5,13-19H2,1-2H3. The molecule has 8 heteroatoms. The Morgan fingerprint density at radius 1 is 1.00 bits per heavy atom. The SMILES string of the molecule is CCCCOc1cccc(C2C(=C(O)c3ccc(OCC)cc3)C(=O)C(=O)N2CCN2CCOCC2)c1. The highest BCUT2D eigenvalue weighted by molar-refractivity contribution is 6.46. The van der Waals surface area contributed by atoms with Crippen molar-refractivity contribution in [2.75, 3.05) is 52.6 Å². The lowest BCUT2D eigenvalue weighted by Gasteiger charge is -2.31. The van der Waals surface area contributed by atoms with Gasteiger partial charge in [-0.2, -0.15) is 0 Å². The summed E-state index contributed by atoms with van der Waals surface area (Å²) in [5.41, 5.74) is 1.26. The number of Topliss-reactive ketones (excluding diaryl/α,β-unsaturated/α-hetero) is 1. The van der Waals surface area contributed by atoms with Crippen molar-refractivity contribution in [2.45, 2.75) is 32.7 Å². The zero-order valence-electron chi connectivity index (χ0n) is 21.7. The second-order valence-electron chi connectivity index (χ2n) is 9.18. The maximum atomic E-state index is 13.3. The predicted octanol–water partition coefficient (Wildman–Crippen LogP) is 4.02. The quantitative estimate of drug-likeness (QED) is 0.212. The molecule has 2 aliphatic heterocycles. The highest BCUT2D eigenvalue weighted by Crippen LogP contribution is 2.40. The van der Waals surface area contributed by atoms with Gasteiger partial charge < -0.3 is 24.2 Å². The van der Waals surface area contributed by atoms with Gasteiger partial charge in [0.25, 0.3) is 11.7 Å². The summed E-state index contributed by atoms with van der Waals surface area (Å²) in [6.45, 7) is 8.94. The molecule has 37 heavy (non-hydrogen) atoms. The van der Waals surface area contributed by atoms with E-state index in [1.807, 2.05) is 31.2 Å². The summed E-state index contributed by atoms with van der Waals surface area (Å²) < 4.78 is 16.8. The van der Waals surface area contributed by atoms with Crippen LogP contribution in [-0.2, 0) is 14.3 Å². The van der Waals surface area contributed by atoms with E-state index >= 15 is 0 Å². The summed E-state index contributed by atoms with van der Waals surface area (Å²) in [4.78, 5) is 30.4. The lowest BCUT2D eigenvalue weighted by molar-refractivity contribution is -0.140. The Labute approximate surface area is 218 Å². The number of benzene rings is 2. The van der Waals surface area contributed by atoms with E-state index < -0.39 is 17.7 Å². The number of carbonyl (C=O) groups excluding carboxylic acids is 2. The number of morpholine rings is 1. The van der Waals surface area contributed by atoms with E-state index in [1.165, 1.54) is 0 Å². The van der Waals surface area contributed by atoms with Crippen LogP contribution in [0.2, 0.25) is 0 Å². The van der Waals surface area contributed by atoms with Gasteiger partial charge in [-0.25, -0.2) is 0 Å². The molecule has 4 rings (SSSR count). The van der Waals surface area contributed by atoms with Gasteiger partial charge in [0.15, 0.2) is 0 Å². The van der Waals surface area contributed by atoms with Crippen LogP contribution in [0.15, 0.2) is 54.1 Å². The Morgan fingerprint density at radius 3 is 2.46 bits per heavy atom. The smallest absolute Gasteiger partial charge is 0.295 e. The molecule has 2 saturated heterocycles. The number of ketones is 1. The van der Waals surface area contributed by atoms with Crippen molar-refractivity contribution in [1.29, 1.82) is 0 Å². The van der Waals surface area contributed by atoms with Crippen molar-refractivity contribution in [3.05, 3.63) is 65.2 Å². The average molecular weight is 509 g/mol. The Hall–Kier alpha value is -3.36. The largest absolute Gasteiger partial charge is 0.507 e. The second-order valence-corrected chi connectivity index (χ2v) is 9.18. The number of aliphatic hydroxyl groups excluding tert-OH is 1. The Bertz CT molecular complexity index is 1110. The number of carbonyl (C=O) groups is 2. The fourth-order valence-electron chi connectivity index (χ4n) is 4.67. The number of hydrogen-bond donors (Lipinski definition) is 1. The number of amides is 1. The van der Waals surface area contributed by atoms with Gasteiger partial charge >= 0.3 is 0 Å². The molecule has 2 aliphatic rings. The molecule has 0 bridgehead atoms. The number of nitrogens with zero attached hydrogens (tertiary/aromatic N) is 2. The predicted molar refractivity (Wildman–Crippen MR) is 141 cm³/mol. The molecule has 198 valence electrons. The minimum Gasteiger partial charge on any atom is -0.507 e. The first-order valence-electron chi connectivity index (χ1n) is 13.1. The summed E-state index contributed by atoms with van der Waals surface area (Å²) in [5.74, 6) is -0.152. The maximum Gasteiger partial charge on any atom is 0.295 e. The minimum absolute atomic E-state index is 0.0850. The summed E-state index contributed by atoms with van der Waals surface area (Å²) in [6.07, 6.45) is 1.95. The Balaban J connectivity index is 1.70. The summed E-state index contributed by atoms with van der Waals surface area (Å²) in [6, 6.07) is 13.6. The van der Waals surface area contributed by atoms with E-state index in [2.05, 4.69) is 11.8 Å². The normalized spacial score (nSPS) is 19.8. The number of rotatable bonds is 11. The molecule has 1 unspecified atom stereocenters. The molecule has 2 heterocycles. The molecule has 0 radical (unpaired) electrons. The van der Waals surface area contributed by atoms with Gasteiger partial charge in [0, 0.05) is 31.7 Å². The van der Waals surface area contributed by atoms with Crippen LogP contribution in [0.4, 0.5) is 0 Å². The summed E-state index contributed by atoms with van der Waals surface area (Å²) in [7, 11) is 0. The molecule has 1 amide bonds. The molecule has 0 saturated carbocycles. The first kappa shape index (κ1) is 26.7. The van der Waals surface area contributed by atoms with Crippen LogP contribution in [0.25, 0.3) is 5.76 Å². The Morgan fingerprint density at radius 2 is 1.76 bits per heavy atom. The lowest BCUT2D eigenvalue weighted by atomic mass is 9.95. The van der Waals surface area contributed by atoms with Crippen molar-refractivity contribution >= 4 is 17.4 Å². The third kappa shape index (κ3) is 6.32. The molecule has 1 atom stereocenters. The van der Waals surface area contributed by atoms with E-state index in [-0.39, 0.29) is 11.3 Å². The third-order valence-electron chi connectivity index (χ3n) is 6.68. The molecule has 1 N–H and O–H groups in total. The first-order chi connectivity index (χ1) is 18.0. The fraction of sp³-hybridized carbons (Fsp3) is 0.448. The summed E-state index contributed by atoms with van der Waals surface area (Å²) >= 11 is 0.